The first-order chi connectivity index (χ1) is 14.1. The van der Waals surface area contributed by atoms with Gasteiger partial charge in [0, 0.05) is 5.02 Å². The number of aromatic nitrogens is 3. The summed E-state index contributed by atoms with van der Waals surface area (Å²) in [4.78, 5) is 28.6. The van der Waals surface area contributed by atoms with Gasteiger partial charge in [-0.05, 0) is 67.1 Å². The number of hydrogen-bond donors (Lipinski definition) is 1. The van der Waals surface area contributed by atoms with Gasteiger partial charge in [0.25, 0.3) is 5.91 Å². The number of esters is 1. The number of halogens is 1. The topological polar surface area (TPSA) is 86.1 Å². The van der Waals surface area contributed by atoms with Gasteiger partial charge in [0.05, 0.1) is 16.9 Å². The Kier molecular flexibility index (Phi) is 5.57. The summed E-state index contributed by atoms with van der Waals surface area (Å²) in [6.45, 7) is -0.404. The third-order valence-electron chi connectivity index (χ3n) is 4.82. The van der Waals surface area contributed by atoms with Gasteiger partial charge in [0.15, 0.2) is 6.61 Å². The Labute approximate surface area is 172 Å². The van der Waals surface area contributed by atoms with Crippen molar-refractivity contribution in [3.63, 3.8) is 0 Å². The molecule has 0 fully saturated rings. The predicted octanol–water partition coefficient (Wildman–Crippen LogP) is 3.60. The molecule has 1 aliphatic rings. The fraction of sp³-hybridized carbons (Fsp3) is 0.238. The van der Waals surface area contributed by atoms with Crippen LogP contribution in [0, 0.1) is 0 Å². The molecule has 0 spiro atoms. The predicted molar refractivity (Wildman–Crippen MR) is 108 cm³/mol. The van der Waals surface area contributed by atoms with Crippen molar-refractivity contribution >= 4 is 29.2 Å². The zero-order chi connectivity index (χ0) is 20.2. The Balaban J connectivity index is 1.41. The standard InChI is InChI=1S/C21H19ClN4O3/c22-17-7-8-19(26-13-23-12-24-26)18(10-17)25-20(27)11-29-21(28)16-6-5-14-3-1-2-4-15(14)9-16/h5-10,12-13H,1-4,11H2,(H,25,27). The van der Waals surface area contributed by atoms with Crippen molar-refractivity contribution in [2.45, 2.75) is 25.7 Å². The van der Waals surface area contributed by atoms with E-state index in [1.165, 1.54) is 34.9 Å². The van der Waals surface area contributed by atoms with Crippen LogP contribution in [0.2, 0.25) is 5.02 Å². The second kappa shape index (κ2) is 8.45. The number of hydrogen-bond acceptors (Lipinski definition) is 5. The number of carbonyl (C=O) groups excluding carboxylic acids is 2. The third kappa shape index (κ3) is 4.46. The monoisotopic (exact) mass is 410 g/mol. The van der Waals surface area contributed by atoms with Crippen LogP contribution in [0.3, 0.4) is 0 Å². The summed E-state index contributed by atoms with van der Waals surface area (Å²) in [5.74, 6) is -0.990. The SMILES string of the molecule is O=C(COC(=O)c1ccc2c(c1)CCCC2)Nc1cc(Cl)ccc1-n1cncn1. The van der Waals surface area contributed by atoms with Crippen LogP contribution >= 0.6 is 11.6 Å². The summed E-state index contributed by atoms with van der Waals surface area (Å²) >= 11 is 6.05. The zero-order valence-corrected chi connectivity index (χ0v) is 16.4. The average molecular weight is 411 g/mol. The molecule has 7 nitrogen and oxygen atoms in total. The molecule has 1 aliphatic carbocycles. The molecule has 2 aromatic carbocycles. The highest BCUT2D eigenvalue weighted by molar-refractivity contribution is 6.31. The molecular formula is C21H19ClN4O3. The van der Waals surface area contributed by atoms with Crippen LogP contribution in [0.15, 0.2) is 49.1 Å². The lowest BCUT2D eigenvalue weighted by molar-refractivity contribution is -0.119. The van der Waals surface area contributed by atoms with Crippen LogP contribution in [-0.4, -0.2) is 33.2 Å². The van der Waals surface area contributed by atoms with Crippen LogP contribution in [-0.2, 0) is 22.4 Å². The Bertz CT molecular complexity index is 1050. The number of anilines is 1. The van der Waals surface area contributed by atoms with Crippen LogP contribution in [0.25, 0.3) is 5.69 Å². The molecule has 29 heavy (non-hydrogen) atoms. The fourth-order valence-electron chi connectivity index (χ4n) is 3.40. The quantitative estimate of drug-likeness (QED) is 0.649. The molecule has 1 aromatic heterocycles. The van der Waals surface area contributed by atoms with Crippen LogP contribution < -0.4 is 5.32 Å². The number of rotatable bonds is 5. The highest BCUT2D eigenvalue weighted by atomic mass is 35.5. The molecule has 148 valence electrons. The second-order valence-electron chi connectivity index (χ2n) is 6.82. The molecule has 0 saturated carbocycles. The van der Waals surface area contributed by atoms with E-state index in [1.54, 1.807) is 24.3 Å². The van der Waals surface area contributed by atoms with Gasteiger partial charge in [0.2, 0.25) is 0 Å². The van der Waals surface area contributed by atoms with Gasteiger partial charge in [-0.1, -0.05) is 17.7 Å². The van der Waals surface area contributed by atoms with Crippen molar-refractivity contribution in [2.24, 2.45) is 0 Å². The Morgan fingerprint density at radius 2 is 1.93 bits per heavy atom. The van der Waals surface area contributed by atoms with E-state index in [0.717, 1.165) is 19.3 Å². The Hall–Kier alpha value is -3.19. The van der Waals surface area contributed by atoms with Crippen molar-refractivity contribution in [1.82, 2.24) is 14.8 Å². The zero-order valence-electron chi connectivity index (χ0n) is 15.6. The summed E-state index contributed by atoms with van der Waals surface area (Å²) < 4.78 is 6.70. The molecule has 0 radical (unpaired) electrons. The number of nitrogens with one attached hydrogen (secondary N) is 1. The van der Waals surface area contributed by atoms with E-state index in [0.29, 0.717) is 22.0 Å². The summed E-state index contributed by atoms with van der Waals surface area (Å²) in [6.07, 6.45) is 7.21. The van der Waals surface area contributed by atoms with E-state index in [4.69, 9.17) is 16.3 Å². The smallest absolute Gasteiger partial charge is 0.338 e. The molecule has 3 aromatic rings. The van der Waals surface area contributed by atoms with E-state index >= 15 is 0 Å². The van der Waals surface area contributed by atoms with Crippen molar-refractivity contribution in [2.75, 3.05) is 11.9 Å². The summed E-state index contributed by atoms with van der Waals surface area (Å²) in [5, 5.41) is 7.22. The number of aryl methyl sites for hydroxylation is 2. The number of fused-ring (bicyclic) bond motifs is 1. The molecule has 1 amide bonds. The molecule has 0 saturated heterocycles. The molecule has 1 N–H and O–H groups in total. The van der Waals surface area contributed by atoms with Gasteiger partial charge < -0.3 is 10.1 Å². The number of ether oxygens (including phenoxy) is 1. The normalized spacial score (nSPS) is 12.9. The van der Waals surface area contributed by atoms with Crippen LogP contribution in [0.1, 0.15) is 34.3 Å². The van der Waals surface area contributed by atoms with E-state index in [-0.39, 0.29) is 0 Å². The summed E-state index contributed by atoms with van der Waals surface area (Å²) in [5.41, 5.74) is 3.97. The van der Waals surface area contributed by atoms with Gasteiger partial charge in [-0.2, -0.15) is 5.10 Å². The first kappa shape index (κ1) is 19.1. The lowest BCUT2D eigenvalue weighted by atomic mass is 9.90. The van der Waals surface area contributed by atoms with E-state index in [2.05, 4.69) is 15.4 Å². The molecule has 0 aliphatic heterocycles. The van der Waals surface area contributed by atoms with Gasteiger partial charge in [0.1, 0.15) is 12.7 Å². The number of nitrogens with zero attached hydrogens (tertiary/aromatic N) is 3. The number of carbonyl (C=O) groups is 2. The molecule has 0 unspecified atom stereocenters. The summed E-state index contributed by atoms with van der Waals surface area (Å²) in [6, 6.07) is 10.6. The van der Waals surface area contributed by atoms with Gasteiger partial charge in [-0.15, -0.1) is 0 Å². The van der Waals surface area contributed by atoms with Crippen LogP contribution in [0.5, 0.6) is 0 Å². The number of benzene rings is 2. The highest BCUT2D eigenvalue weighted by Gasteiger charge is 2.16. The minimum Gasteiger partial charge on any atom is -0.452 e. The minimum atomic E-state index is -0.517. The maximum absolute atomic E-state index is 12.3. The maximum atomic E-state index is 12.3. The van der Waals surface area contributed by atoms with E-state index in [1.807, 2.05) is 12.1 Å². The van der Waals surface area contributed by atoms with Gasteiger partial charge >= 0.3 is 5.97 Å². The molecular weight excluding hydrogens is 392 g/mol. The molecule has 1 heterocycles. The van der Waals surface area contributed by atoms with Crippen LogP contribution in [0.4, 0.5) is 5.69 Å². The molecule has 0 bridgehead atoms. The lowest BCUT2D eigenvalue weighted by Gasteiger charge is -2.16. The van der Waals surface area contributed by atoms with Crippen molar-refractivity contribution in [3.05, 3.63) is 70.8 Å². The second-order valence-corrected chi connectivity index (χ2v) is 7.25. The first-order valence-corrected chi connectivity index (χ1v) is 9.71. The fourth-order valence-corrected chi connectivity index (χ4v) is 3.57. The van der Waals surface area contributed by atoms with Gasteiger partial charge in [-0.25, -0.2) is 14.5 Å². The Morgan fingerprint density at radius 3 is 2.72 bits per heavy atom. The van der Waals surface area contributed by atoms with Crippen molar-refractivity contribution in [1.29, 1.82) is 0 Å². The first-order valence-electron chi connectivity index (χ1n) is 9.33. The Morgan fingerprint density at radius 1 is 1.10 bits per heavy atom. The average Bonchev–Trinajstić information content (AvgIpc) is 3.26. The van der Waals surface area contributed by atoms with Crippen molar-refractivity contribution in [3.8, 4) is 5.69 Å². The lowest BCUT2D eigenvalue weighted by Crippen LogP contribution is -2.22. The van der Waals surface area contributed by atoms with E-state index < -0.39 is 18.5 Å². The summed E-state index contributed by atoms with van der Waals surface area (Å²) in [7, 11) is 0. The van der Waals surface area contributed by atoms with Gasteiger partial charge in [-0.3, -0.25) is 4.79 Å². The van der Waals surface area contributed by atoms with Crippen molar-refractivity contribution < 1.29 is 14.3 Å². The maximum Gasteiger partial charge on any atom is 0.338 e. The largest absolute Gasteiger partial charge is 0.452 e. The highest BCUT2D eigenvalue weighted by Crippen LogP contribution is 2.24. The molecule has 4 rings (SSSR count). The minimum absolute atomic E-state index is 0.404. The molecule has 0 atom stereocenters. The molecule has 8 heteroatoms. The van der Waals surface area contributed by atoms with E-state index in [9.17, 15) is 9.59 Å². The third-order valence-corrected chi connectivity index (χ3v) is 5.05. The number of amides is 1.